The molecule has 6 nitrogen and oxygen atoms in total. The predicted molar refractivity (Wildman–Crippen MR) is 151 cm³/mol. The Kier molecular flexibility index (Phi) is 10.9. The molecule has 3 aromatic rings. The topological polar surface area (TPSA) is 78.9 Å². The quantitative estimate of drug-likeness (QED) is 0.156. The molecule has 0 aromatic heterocycles. The minimum absolute atomic E-state index is 0.0942. The molecule has 0 saturated carbocycles. The molecule has 0 aliphatic rings. The number of hydrogen-bond donors (Lipinski definition) is 2. The standard InChI is InChI=1S/C31H36N2O4/c1-3-4-5-6-23-37-29-18-12-26(13-19-29)31(36)32-27-14-10-25(11-15-27)30(35)20-9-24-7-16-28(17-8-24)33(2)21-22-34/h7-20,34H,3-6,21-23H2,1-2H3,(H,32,36)/b20-9+. The number of likely N-dealkylation sites (N-methyl/N-ethyl adjacent to an activating group) is 1. The monoisotopic (exact) mass is 500 g/mol. The number of aliphatic hydroxyl groups is 1. The van der Waals surface area contributed by atoms with E-state index in [4.69, 9.17) is 9.84 Å². The van der Waals surface area contributed by atoms with Gasteiger partial charge in [0.1, 0.15) is 5.75 Å². The van der Waals surface area contributed by atoms with Crippen LogP contribution in [-0.4, -0.2) is 43.6 Å². The van der Waals surface area contributed by atoms with Crippen molar-refractivity contribution in [3.63, 3.8) is 0 Å². The highest BCUT2D eigenvalue weighted by molar-refractivity contribution is 6.08. The highest BCUT2D eigenvalue weighted by Crippen LogP contribution is 2.17. The molecule has 1 amide bonds. The summed E-state index contributed by atoms with van der Waals surface area (Å²) >= 11 is 0. The maximum absolute atomic E-state index is 12.6. The molecule has 0 saturated heterocycles. The van der Waals surface area contributed by atoms with E-state index in [1.54, 1.807) is 42.5 Å². The van der Waals surface area contributed by atoms with E-state index in [0.717, 1.165) is 29.8 Å². The Labute approximate surface area is 219 Å². The maximum Gasteiger partial charge on any atom is 0.255 e. The molecule has 0 fully saturated rings. The van der Waals surface area contributed by atoms with Crippen molar-refractivity contribution in [1.82, 2.24) is 0 Å². The fraction of sp³-hybridized carbons (Fsp3) is 0.290. The van der Waals surface area contributed by atoms with Gasteiger partial charge in [0.25, 0.3) is 5.91 Å². The van der Waals surface area contributed by atoms with Gasteiger partial charge in [0.15, 0.2) is 5.78 Å². The van der Waals surface area contributed by atoms with Crippen LogP contribution >= 0.6 is 0 Å². The lowest BCUT2D eigenvalue weighted by molar-refractivity contribution is 0.102. The molecule has 0 spiro atoms. The molecule has 3 aromatic carbocycles. The number of hydrogen-bond acceptors (Lipinski definition) is 5. The summed E-state index contributed by atoms with van der Waals surface area (Å²) < 4.78 is 5.73. The fourth-order valence-corrected chi connectivity index (χ4v) is 3.73. The minimum atomic E-state index is -0.221. The Balaban J connectivity index is 1.50. The van der Waals surface area contributed by atoms with Crippen molar-refractivity contribution in [3.05, 3.63) is 95.6 Å². The number of nitrogens with one attached hydrogen (secondary N) is 1. The minimum Gasteiger partial charge on any atom is -0.494 e. The second-order valence-corrected chi connectivity index (χ2v) is 8.90. The Morgan fingerprint density at radius 2 is 1.57 bits per heavy atom. The molecule has 0 atom stereocenters. The van der Waals surface area contributed by atoms with Gasteiger partial charge in [0.2, 0.25) is 0 Å². The van der Waals surface area contributed by atoms with Gasteiger partial charge in [-0.1, -0.05) is 44.4 Å². The zero-order valence-corrected chi connectivity index (χ0v) is 21.7. The van der Waals surface area contributed by atoms with E-state index in [9.17, 15) is 9.59 Å². The summed E-state index contributed by atoms with van der Waals surface area (Å²) in [7, 11) is 1.92. The number of nitrogens with zero attached hydrogens (tertiary/aromatic N) is 1. The van der Waals surface area contributed by atoms with E-state index in [0.29, 0.717) is 30.0 Å². The van der Waals surface area contributed by atoms with Gasteiger partial charge in [-0.05, 0) is 78.7 Å². The second-order valence-electron chi connectivity index (χ2n) is 8.90. The van der Waals surface area contributed by atoms with Gasteiger partial charge < -0.3 is 20.1 Å². The molecular formula is C31H36N2O4. The average Bonchev–Trinajstić information content (AvgIpc) is 2.92. The third-order valence-electron chi connectivity index (χ3n) is 6.01. The molecule has 0 aliphatic heterocycles. The smallest absolute Gasteiger partial charge is 0.255 e. The van der Waals surface area contributed by atoms with Gasteiger partial charge >= 0.3 is 0 Å². The summed E-state index contributed by atoms with van der Waals surface area (Å²) in [5.41, 5.74) is 3.59. The van der Waals surface area contributed by atoms with Crippen LogP contribution in [0.15, 0.2) is 78.9 Å². The molecule has 0 aliphatic carbocycles. The predicted octanol–water partition coefficient (Wildman–Crippen LogP) is 6.22. The number of amides is 1. The number of ether oxygens (including phenoxy) is 1. The first-order valence-corrected chi connectivity index (χ1v) is 12.8. The number of carbonyl (C=O) groups is 2. The summed E-state index contributed by atoms with van der Waals surface area (Å²) in [6.07, 6.45) is 7.91. The van der Waals surface area contributed by atoms with Crippen LogP contribution in [0, 0.1) is 0 Å². The summed E-state index contributed by atoms with van der Waals surface area (Å²) in [5, 5.41) is 11.9. The van der Waals surface area contributed by atoms with Crippen LogP contribution in [-0.2, 0) is 0 Å². The van der Waals surface area contributed by atoms with Crippen molar-refractivity contribution in [2.24, 2.45) is 0 Å². The van der Waals surface area contributed by atoms with Crippen LogP contribution in [0.1, 0.15) is 58.9 Å². The van der Waals surface area contributed by atoms with E-state index in [1.807, 2.05) is 48.3 Å². The summed E-state index contributed by atoms with van der Waals surface area (Å²) in [6.45, 7) is 3.52. The second kappa shape index (κ2) is 14.6. The third kappa shape index (κ3) is 8.92. The van der Waals surface area contributed by atoms with Crippen molar-refractivity contribution in [2.45, 2.75) is 32.6 Å². The number of ketones is 1. The Hall–Kier alpha value is -3.90. The lowest BCUT2D eigenvalue weighted by Crippen LogP contribution is -2.20. The van der Waals surface area contributed by atoms with Gasteiger partial charge in [0.05, 0.1) is 13.2 Å². The number of anilines is 2. The Bertz CT molecular complexity index is 1150. The van der Waals surface area contributed by atoms with Crippen molar-refractivity contribution in [3.8, 4) is 5.75 Å². The van der Waals surface area contributed by atoms with Crippen molar-refractivity contribution >= 4 is 29.1 Å². The molecule has 194 valence electrons. The van der Waals surface area contributed by atoms with Crippen molar-refractivity contribution in [1.29, 1.82) is 0 Å². The van der Waals surface area contributed by atoms with Crippen molar-refractivity contribution in [2.75, 3.05) is 37.0 Å². The number of benzene rings is 3. The third-order valence-corrected chi connectivity index (χ3v) is 6.01. The summed E-state index contributed by atoms with van der Waals surface area (Å²) in [5.74, 6) is 0.417. The van der Waals surface area contributed by atoms with Crippen LogP contribution in [0.2, 0.25) is 0 Å². The summed E-state index contributed by atoms with van der Waals surface area (Å²) in [4.78, 5) is 27.1. The zero-order chi connectivity index (χ0) is 26.5. The average molecular weight is 501 g/mol. The van der Waals surface area contributed by atoms with Crippen molar-refractivity contribution < 1.29 is 19.4 Å². The lowest BCUT2D eigenvalue weighted by atomic mass is 10.1. The molecule has 37 heavy (non-hydrogen) atoms. The molecule has 0 unspecified atom stereocenters. The number of allylic oxidation sites excluding steroid dienone is 1. The first-order valence-electron chi connectivity index (χ1n) is 12.8. The van der Waals surface area contributed by atoms with E-state index in [1.165, 1.54) is 18.9 Å². The first-order chi connectivity index (χ1) is 18.0. The zero-order valence-electron chi connectivity index (χ0n) is 21.7. The van der Waals surface area contributed by atoms with E-state index in [2.05, 4.69) is 12.2 Å². The maximum atomic E-state index is 12.6. The Morgan fingerprint density at radius 3 is 2.22 bits per heavy atom. The van der Waals surface area contributed by atoms with E-state index < -0.39 is 0 Å². The van der Waals surface area contributed by atoms with Gasteiger partial charge in [-0.25, -0.2) is 0 Å². The molecule has 6 heteroatoms. The molecule has 0 bridgehead atoms. The molecular weight excluding hydrogens is 464 g/mol. The van der Waals surface area contributed by atoms with Crippen LogP contribution in [0.4, 0.5) is 11.4 Å². The number of unbranched alkanes of at least 4 members (excludes halogenated alkanes) is 3. The lowest BCUT2D eigenvalue weighted by Gasteiger charge is -2.17. The SMILES string of the molecule is CCCCCCOc1ccc(C(=O)Nc2ccc(C(=O)/C=C/c3ccc(N(C)CCO)cc3)cc2)cc1. The largest absolute Gasteiger partial charge is 0.494 e. The number of rotatable bonds is 14. The molecule has 0 heterocycles. The van der Waals surface area contributed by atoms with E-state index >= 15 is 0 Å². The summed E-state index contributed by atoms with van der Waals surface area (Å²) in [6, 6.07) is 21.7. The normalized spacial score (nSPS) is 10.9. The van der Waals surface area contributed by atoms with Crippen LogP contribution in [0.3, 0.4) is 0 Å². The molecule has 3 rings (SSSR count). The van der Waals surface area contributed by atoms with Gasteiger partial charge in [-0.3, -0.25) is 9.59 Å². The first kappa shape index (κ1) is 27.7. The molecule has 2 N–H and O–H groups in total. The van der Waals surface area contributed by atoms with E-state index in [-0.39, 0.29) is 18.3 Å². The van der Waals surface area contributed by atoms with Gasteiger partial charge in [-0.15, -0.1) is 0 Å². The van der Waals surface area contributed by atoms with Crippen LogP contribution in [0.5, 0.6) is 5.75 Å². The van der Waals surface area contributed by atoms with Gasteiger partial charge in [0, 0.05) is 36.1 Å². The Morgan fingerprint density at radius 1 is 0.892 bits per heavy atom. The highest BCUT2D eigenvalue weighted by Gasteiger charge is 2.08. The highest BCUT2D eigenvalue weighted by atomic mass is 16.5. The molecule has 0 radical (unpaired) electrons. The van der Waals surface area contributed by atoms with Crippen LogP contribution in [0.25, 0.3) is 6.08 Å². The van der Waals surface area contributed by atoms with Crippen LogP contribution < -0.4 is 15.0 Å². The number of aliphatic hydroxyl groups excluding tert-OH is 1. The van der Waals surface area contributed by atoms with Gasteiger partial charge in [-0.2, -0.15) is 0 Å². The number of carbonyl (C=O) groups excluding carboxylic acids is 2. The fourth-order valence-electron chi connectivity index (χ4n) is 3.73.